The average Bonchev–Trinajstić information content (AvgIpc) is 3.21. The van der Waals surface area contributed by atoms with E-state index in [1.54, 1.807) is 18.2 Å². The fourth-order valence-corrected chi connectivity index (χ4v) is 3.09. The number of nitrogens with two attached hydrogens (primary N) is 2. The van der Waals surface area contributed by atoms with Crippen molar-refractivity contribution in [3.05, 3.63) is 76.1 Å². The van der Waals surface area contributed by atoms with Gasteiger partial charge in [-0.25, -0.2) is 10.5 Å². The summed E-state index contributed by atoms with van der Waals surface area (Å²) in [5.74, 6) is 3.46. The third-order valence-corrected chi connectivity index (χ3v) is 4.47. The van der Waals surface area contributed by atoms with E-state index in [0.29, 0.717) is 6.07 Å². The molecule has 0 radical (unpaired) electrons. The molecule has 162 valence electrons. The minimum absolute atomic E-state index is 0.0331. The van der Waals surface area contributed by atoms with E-state index in [4.69, 9.17) is 23.2 Å². The van der Waals surface area contributed by atoms with Gasteiger partial charge in [-0.1, -0.05) is 29.8 Å². The SMILES string of the molecule is NCc1cc(Cl)cc(C(=O)NN)c1NC(=O)c1cc(C(F)(F)F)nn1-c1ccccc1. The number of benzene rings is 2. The molecule has 3 aromatic rings. The van der Waals surface area contributed by atoms with Crippen LogP contribution in [0.2, 0.25) is 5.02 Å². The summed E-state index contributed by atoms with van der Waals surface area (Å²) in [7, 11) is 0. The molecule has 0 bridgehead atoms. The summed E-state index contributed by atoms with van der Waals surface area (Å²) in [6, 6.07) is 11.1. The number of carbonyl (C=O) groups is 2. The summed E-state index contributed by atoms with van der Waals surface area (Å²) >= 11 is 5.99. The van der Waals surface area contributed by atoms with Crippen molar-refractivity contribution in [3.63, 3.8) is 0 Å². The molecule has 0 aliphatic heterocycles. The van der Waals surface area contributed by atoms with E-state index in [2.05, 4.69) is 10.4 Å². The Hall–Kier alpha value is -3.41. The number of hydrogen-bond acceptors (Lipinski definition) is 5. The van der Waals surface area contributed by atoms with Crippen LogP contribution in [0.3, 0.4) is 0 Å². The minimum Gasteiger partial charge on any atom is -0.326 e. The van der Waals surface area contributed by atoms with Crippen molar-refractivity contribution in [2.75, 3.05) is 5.32 Å². The third kappa shape index (κ3) is 4.68. The summed E-state index contributed by atoms with van der Waals surface area (Å²) in [6.07, 6.45) is -4.78. The van der Waals surface area contributed by atoms with Crippen LogP contribution in [-0.4, -0.2) is 21.6 Å². The van der Waals surface area contributed by atoms with Crippen LogP contribution in [0, 0.1) is 0 Å². The van der Waals surface area contributed by atoms with Gasteiger partial charge >= 0.3 is 6.18 Å². The molecule has 31 heavy (non-hydrogen) atoms. The zero-order valence-electron chi connectivity index (χ0n) is 15.7. The van der Waals surface area contributed by atoms with Gasteiger partial charge in [0, 0.05) is 17.6 Å². The number of hydrazine groups is 1. The van der Waals surface area contributed by atoms with Crippen LogP contribution in [0.1, 0.15) is 32.1 Å². The van der Waals surface area contributed by atoms with E-state index < -0.39 is 29.4 Å². The van der Waals surface area contributed by atoms with Crippen LogP contribution < -0.4 is 22.3 Å². The third-order valence-electron chi connectivity index (χ3n) is 4.25. The average molecular weight is 453 g/mol. The molecule has 0 aliphatic rings. The summed E-state index contributed by atoms with van der Waals surface area (Å²) in [5.41, 5.74) is 6.32. The van der Waals surface area contributed by atoms with Gasteiger partial charge in [-0.3, -0.25) is 15.0 Å². The van der Waals surface area contributed by atoms with Crippen molar-refractivity contribution < 1.29 is 22.8 Å². The number of aromatic nitrogens is 2. The lowest BCUT2D eigenvalue weighted by molar-refractivity contribution is -0.141. The number of anilines is 1. The van der Waals surface area contributed by atoms with Crippen LogP contribution >= 0.6 is 11.6 Å². The molecule has 0 saturated heterocycles. The zero-order valence-corrected chi connectivity index (χ0v) is 16.5. The molecule has 0 unspecified atom stereocenters. The fourth-order valence-electron chi connectivity index (χ4n) is 2.85. The fraction of sp³-hybridized carbons (Fsp3) is 0.105. The molecular weight excluding hydrogens is 437 g/mol. The highest BCUT2D eigenvalue weighted by Gasteiger charge is 2.36. The molecule has 0 saturated carbocycles. The van der Waals surface area contributed by atoms with Gasteiger partial charge in [0.2, 0.25) is 0 Å². The van der Waals surface area contributed by atoms with E-state index in [1.165, 1.54) is 24.3 Å². The van der Waals surface area contributed by atoms with Crippen LogP contribution in [0.25, 0.3) is 5.69 Å². The smallest absolute Gasteiger partial charge is 0.326 e. The van der Waals surface area contributed by atoms with Gasteiger partial charge in [-0.2, -0.15) is 18.3 Å². The number of nitrogen functional groups attached to an aromatic ring is 1. The van der Waals surface area contributed by atoms with E-state index in [0.717, 1.165) is 4.68 Å². The second-order valence-corrected chi connectivity index (χ2v) is 6.72. The first kappa shape index (κ1) is 22.3. The molecule has 2 aromatic carbocycles. The van der Waals surface area contributed by atoms with Gasteiger partial charge in [-0.15, -0.1) is 0 Å². The summed E-state index contributed by atoms with van der Waals surface area (Å²) in [6.45, 7) is -0.118. The maximum atomic E-state index is 13.3. The van der Waals surface area contributed by atoms with Crippen LogP contribution in [-0.2, 0) is 12.7 Å². The molecule has 0 fully saturated rings. The number of alkyl halides is 3. The van der Waals surface area contributed by atoms with Crippen molar-refractivity contribution in [3.8, 4) is 5.69 Å². The number of nitrogens with zero attached hydrogens (tertiary/aromatic N) is 2. The molecule has 0 spiro atoms. The van der Waals surface area contributed by atoms with Crippen molar-refractivity contribution in [1.82, 2.24) is 15.2 Å². The molecule has 1 aromatic heterocycles. The van der Waals surface area contributed by atoms with Crippen molar-refractivity contribution in [2.24, 2.45) is 11.6 Å². The molecule has 0 atom stereocenters. The highest BCUT2D eigenvalue weighted by atomic mass is 35.5. The van der Waals surface area contributed by atoms with Crippen LogP contribution in [0.5, 0.6) is 0 Å². The normalized spacial score (nSPS) is 11.3. The van der Waals surface area contributed by atoms with Gasteiger partial charge in [0.25, 0.3) is 11.8 Å². The first-order valence-corrected chi connectivity index (χ1v) is 9.11. The Morgan fingerprint density at radius 1 is 1.10 bits per heavy atom. The minimum atomic E-state index is -4.78. The van der Waals surface area contributed by atoms with Crippen LogP contribution in [0.15, 0.2) is 48.5 Å². The number of amides is 2. The lowest BCUT2D eigenvalue weighted by Gasteiger charge is -2.15. The Kier molecular flexibility index (Phi) is 6.29. The van der Waals surface area contributed by atoms with Gasteiger partial charge in [0.15, 0.2) is 5.69 Å². The Morgan fingerprint density at radius 2 is 1.77 bits per heavy atom. The topological polar surface area (TPSA) is 128 Å². The number of halogens is 4. The van der Waals surface area contributed by atoms with Gasteiger partial charge in [-0.05, 0) is 29.8 Å². The maximum absolute atomic E-state index is 13.3. The largest absolute Gasteiger partial charge is 0.435 e. The number of para-hydroxylation sites is 1. The number of carbonyl (C=O) groups excluding carboxylic acids is 2. The van der Waals surface area contributed by atoms with Crippen molar-refractivity contribution >= 4 is 29.1 Å². The quantitative estimate of drug-likeness (QED) is 0.269. The summed E-state index contributed by atoms with van der Waals surface area (Å²) in [5, 5.41) is 6.13. The monoisotopic (exact) mass is 452 g/mol. The van der Waals surface area contributed by atoms with E-state index in [1.807, 2.05) is 5.43 Å². The first-order valence-electron chi connectivity index (χ1n) is 8.73. The summed E-state index contributed by atoms with van der Waals surface area (Å²) in [4.78, 5) is 25.1. The Bertz CT molecular complexity index is 1130. The van der Waals surface area contributed by atoms with Crippen LogP contribution in [0.4, 0.5) is 18.9 Å². The Morgan fingerprint density at radius 3 is 2.35 bits per heavy atom. The molecule has 0 aliphatic carbocycles. The predicted molar refractivity (Wildman–Crippen MR) is 108 cm³/mol. The molecule has 6 N–H and O–H groups in total. The highest BCUT2D eigenvalue weighted by Crippen LogP contribution is 2.31. The van der Waals surface area contributed by atoms with Gasteiger partial charge in [0.1, 0.15) is 5.69 Å². The van der Waals surface area contributed by atoms with E-state index >= 15 is 0 Å². The predicted octanol–water partition coefficient (Wildman–Crippen LogP) is 2.86. The molecule has 1 heterocycles. The number of rotatable bonds is 5. The zero-order chi connectivity index (χ0) is 22.8. The molecule has 12 heteroatoms. The molecular formula is C19H16ClF3N6O2. The van der Waals surface area contributed by atoms with E-state index in [9.17, 15) is 22.8 Å². The Balaban J connectivity index is 2.11. The lowest BCUT2D eigenvalue weighted by Crippen LogP contribution is -2.31. The second-order valence-electron chi connectivity index (χ2n) is 6.28. The Labute approximate surface area is 178 Å². The molecule has 2 amide bonds. The maximum Gasteiger partial charge on any atom is 0.435 e. The van der Waals surface area contributed by atoms with Crippen molar-refractivity contribution in [1.29, 1.82) is 0 Å². The molecule has 8 nitrogen and oxygen atoms in total. The standard InChI is InChI=1S/C19H16ClF3N6O2/c20-11-6-10(9-24)16(13(7-11)17(30)27-25)26-18(31)14-8-15(19(21,22)23)28-29(14)12-4-2-1-3-5-12/h1-8H,9,24-25H2,(H,26,31)(H,27,30). The van der Waals surface area contributed by atoms with Gasteiger partial charge < -0.3 is 11.1 Å². The summed E-state index contributed by atoms with van der Waals surface area (Å²) < 4.78 is 40.6. The van der Waals surface area contributed by atoms with Crippen molar-refractivity contribution in [2.45, 2.75) is 12.7 Å². The van der Waals surface area contributed by atoms with E-state index in [-0.39, 0.29) is 34.1 Å². The number of nitrogens with one attached hydrogen (secondary N) is 2. The van der Waals surface area contributed by atoms with Gasteiger partial charge in [0.05, 0.1) is 16.9 Å². The highest BCUT2D eigenvalue weighted by molar-refractivity contribution is 6.31. The molecule has 3 rings (SSSR count). The first-order chi connectivity index (χ1) is 14.7. The number of hydrogen-bond donors (Lipinski definition) is 4. The second kappa shape index (κ2) is 8.76. The lowest BCUT2D eigenvalue weighted by atomic mass is 10.1.